The molecule has 2 unspecified atom stereocenters. The molecule has 0 spiro atoms. The van der Waals surface area contributed by atoms with Crippen molar-refractivity contribution in [2.24, 2.45) is 5.92 Å². The third kappa shape index (κ3) is 0.799. The van der Waals surface area contributed by atoms with Crippen molar-refractivity contribution < 1.29 is 4.74 Å². The number of fused-ring (bicyclic) bond motifs is 2. The highest BCUT2D eigenvalue weighted by atomic mass is 16.5. The zero-order valence-electron chi connectivity index (χ0n) is 5.55. The van der Waals surface area contributed by atoms with Crippen molar-refractivity contribution in [3.63, 3.8) is 0 Å². The molecule has 2 aliphatic heterocycles. The monoisotopic (exact) mass is 124 g/mol. The lowest BCUT2D eigenvalue weighted by molar-refractivity contribution is -0.166. The second kappa shape index (κ2) is 1.84. The minimum Gasteiger partial charge on any atom is -0.375 e. The zero-order valence-corrected chi connectivity index (χ0v) is 5.55. The molecule has 9 heavy (non-hydrogen) atoms. The molecule has 3 aliphatic rings. The van der Waals surface area contributed by atoms with Crippen LogP contribution in [0.1, 0.15) is 19.3 Å². The van der Waals surface area contributed by atoms with Gasteiger partial charge in [0, 0.05) is 0 Å². The summed E-state index contributed by atoms with van der Waals surface area (Å²) >= 11 is 0. The van der Waals surface area contributed by atoms with Crippen molar-refractivity contribution >= 4 is 0 Å². The first-order valence-electron chi connectivity index (χ1n) is 3.66. The van der Waals surface area contributed by atoms with Crippen molar-refractivity contribution in [3.05, 3.63) is 12.7 Å². The third-order valence-electron chi connectivity index (χ3n) is 2.38. The number of rotatable bonds is 1. The van der Waals surface area contributed by atoms with Crippen LogP contribution in [-0.2, 0) is 4.74 Å². The fraction of sp³-hybridized carbons (Fsp3) is 0.750. The van der Waals surface area contributed by atoms with Crippen LogP contribution in [0.25, 0.3) is 0 Å². The highest BCUT2D eigenvalue weighted by molar-refractivity contribution is 4.94. The maximum Gasteiger partial charge on any atom is 0.0609 e. The molecule has 2 atom stereocenters. The summed E-state index contributed by atoms with van der Waals surface area (Å²) in [6.45, 7) is 3.78. The molecule has 3 rings (SSSR count). The molecule has 1 heteroatoms. The van der Waals surface area contributed by atoms with Crippen molar-refractivity contribution in [1.82, 2.24) is 0 Å². The van der Waals surface area contributed by atoms with E-state index in [2.05, 4.69) is 12.7 Å². The summed E-state index contributed by atoms with van der Waals surface area (Å²) in [5.74, 6) is 0.752. The van der Waals surface area contributed by atoms with E-state index in [-0.39, 0.29) is 0 Å². The van der Waals surface area contributed by atoms with Gasteiger partial charge >= 0.3 is 0 Å². The van der Waals surface area contributed by atoms with Gasteiger partial charge in [0.25, 0.3) is 0 Å². The van der Waals surface area contributed by atoms with Gasteiger partial charge in [-0.3, -0.25) is 0 Å². The Balaban J connectivity index is 1.96. The van der Waals surface area contributed by atoms with Crippen LogP contribution < -0.4 is 0 Å². The molecular formula is C8H12O. The molecule has 1 saturated carbocycles. The Bertz CT molecular complexity index is 115. The van der Waals surface area contributed by atoms with Crippen molar-refractivity contribution in [1.29, 1.82) is 0 Å². The molecule has 2 saturated heterocycles. The maximum atomic E-state index is 5.46. The molecule has 0 aromatic heterocycles. The van der Waals surface area contributed by atoms with Crippen molar-refractivity contribution in [2.45, 2.75) is 31.5 Å². The zero-order chi connectivity index (χ0) is 6.27. The van der Waals surface area contributed by atoms with Gasteiger partial charge in [0.15, 0.2) is 0 Å². The minimum absolute atomic E-state index is 0.590. The Morgan fingerprint density at radius 3 is 2.11 bits per heavy atom. The van der Waals surface area contributed by atoms with E-state index in [4.69, 9.17) is 4.74 Å². The van der Waals surface area contributed by atoms with E-state index in [9.17, 15) is 0 Å². The van der Waals surface area contributed by atoms with E-state index in [0.717, 1.165) is 5.92 Å². The normalized spacial score (nSPS) is 47.8. The predicted octanol–water partition coefficient (Wildman–Crippen LogP) is 1.74. The van der Waals surface area contributed by atoms with Crippen LogP contribution in [-0.4, -0.2) is 12.2 Å². The van der Waals surface area contributed by atoms with Crippen LogP contribution >= 0.6 is 0 Å². The van der Waals surface area contributed by atoms with E-state index in [1.165, 1.54) is 19.3 Å². The first kappa shape index (κ1) is 5.48. The number of hydrogen-bond acceptors (Lipinski definition) is 1. The summed E-state index contributed by atoms with van der Waals surface area (Å²) in [5, 5.41) is 0. The van der Waals surface area contributed by atoms with Gasteiger partial charge < -0.3 is 4.74 Å². The Morgan fingerprint density at radius 2 is 1.78 bits per heavy atom. The van der Waals surface area contributed by atoms with E-state index < -0.39 is 0 Å². The molecule has 1 nitrogen and oxygen atoms in total. The molecule has 2 heterocycles. The quantitative estimate of drug-likeness (QED) is 0.484. The molecule has 1 aliphatic carbocycles. The van der Waals surface area contributed by atoms with Gasteiger partial charge in [-0.05, 0) is 25.2 Å². The largest absolute Gasteiger partial charge is 0.375 e. The smallest absolute Gasteiger partial charge is 0.0609 e. The molecule has 50 valence electrons. The van der Waals surface area contributed by atoms with Crippen molar-refractivity contribution in [2.75, 3.05) is 0 Å². The number of ether oxygens (including phenoxy) is 1. The van der Waals surface area contributed by atoms with Crippen LogP contribution in [0.2, 0.25) is 0 Å². The molecule has 2 bridgehead atoms. The van der Waals surface area contributed by atoms with Crippen LogP contribution in [0.3, 0.4) is 0 Å². The summed E-state index contributed by atoms with van der Waals surface area (Å²) in [4.78, 5) is 0. The van der Waals surface area contributed by atoms with Crippen LogP contribution in [0.4, 0.5) is 0 Å². The summed E-state index contributed by atoms with van der Waals surface area (Å²) in [6, 6.07) is 0. The van der Waals surface area contributed by atoms with E-state index in [1.807, 2.05) is 0 Å². The molecule has 0 N–H and O–H groups in total. The van der Waals surface area contributed by atoms with Gasteiger partial charge in [0.05, 0.1) is 12.2 Å². The van der Waals surface area contributed by atoms with E-state index in [1.54, 1.807) is 0 Å². The predicted molar refractivity (Wildman–Crippen MR) is 36.2 cm³/mol. The fourth-order valence-corrected chi connectivity index (χ4v) is 1.82. The van der Waals surface area contributed by atoms with Gasteiger partial charge in [0.1, 0.15) is 0 Å². The summed E-state index contributed by atoms with van der Waals surface area (Å²) in [6.07, 6.45) is 7.00. The maximum absolute atomic E-state index is 5.46. The number of allylic oxidation sites excluding steroid dienone is 1. The van der Waals surface area contributed by atoms with Crippen molar-refractivity contribution in [3.8, 4) is 0 Å². The molecule has 3 fully saturated rings. The minimum atomic E-state index is 0.590. The molecule has 0 radical (unpaired) electrons. The molecule has 0 aromatic rings. The first-order valence-corrected chi connectivity index (χ1v) is 3.66. The average molecular weight is 124 g/mol. The van der Waals surface area contributed by atoms with Gasteiger partial charge in [-0.15, -0.1) is 6.58 Å². The lowest BCUT2D eigenvalue weighted by Crippen LogP contribution is -2.44. The van der Waals surface area contributed by atoms with Gasteiger partial charge in [-0.2, -0.15) is 0 Å². The van der Waals surface area contributed by atoms with Crippen LogP contribution in [0, 0.1) is 5.92 Å². The Labute approximate surface area is 55.7 Å². The van der Waals surface area contributed by atoms with Gasteiger partial charge in [-0.1, -0.05) is 6.08 Å². The molecule has 0 aromatic carbocycles. The standard InChI is InChI=1S/C8H12O/c1-2-6-3-7-5-8(4-6)9-7/h2,6-8H,1,3-5H2. The number of hydrogen-bond donors (Lipinski definition) is 0. The summed E-state index contributed by atoms with van der Waals surface area (Å²) in [5.41, 5.74) is 0. The lowest BCUT2D eigenvalue weighted by atomic mass is 9.81. The first-order chi connectivity index (χ1) is 4.38. The average Bonchev–Trinajstić information content (AvgIpc) is 1.87. The summed E-state index contributed by atoms with van der Waals surface area (Å²) in [7, 11) is 0. The Morgan fingerprint density at radius 1 is 1.22 bits per heavy atom. The van der Waals surface area contributed by atoms with Gasteiger partial charge in [-0.25, -0.2) is 0 Å². The second-order valence-corrected chi connectivity index (χ2v) is 3.08. The highest BCUT2D eigenvalue weighted by Gasteiger charge is 2.37. The lowest BCUT2D eigenvalue weighted by Gasteiger charge is -2.44. The van der Waals surface area contributed by atoms with Gasteiger partial charge in [0.2, 0.25) is 0 Å². The van der Waals surface area contributed by atoms with Crippen LogP contribution in [0.15, 0.2) is 12.7 Å². The topological polar surface area (TPSA) is 9.23 Å². The fourth-order valence-electron chi connectivity index (χ4n) is 1.82. The van der Waals surface area contributed by atoms with E-state index in [0.29, 0.717) is 12.2 Å². The highest BCUT2D eigenvalue weighted by Crippen LogP contribution is 2.38. The second-order valence-electron chi connectivity index (χ2n) is 3.08. The summed E-state index contributed by atoms with van der Waals surface area (Å²) < 4.78 is 5.46. The Hall–Kier alpha value is -0.300. The van der Waals surface area contributed by atoms with Crippen LogP contribution in [0.5, 0.6) is 0 Å². The Kier molecular flexibility index (Phi) is 1.12. The van der Waals surface area contributed by atoms with E-state index >= 15 is 0 Å². The third-order valence-corrected chi connectivity index (χ3v) is 2.38. The SMILES string of the molecule is C=CC1CC2CC(C1)O2. The molecular weight excluding hydrogens is 112 g/mol. The molecule has 0 amide bonds.